The molecule has 3 rings (SSSR count). The van der Waals surface area contributed by atoms with Gasteiger partial charge in [0.15, 0.2) is 11.5 Å². The Bertz CT molecular complexity index is 748. The number of hydrogen-bond acceptors (Lipinski definition) is 5. The molecule has 1 aliphatic heterocycles. The van der Waals surface area contributed by atoms with Gasteiger partial charge in [-0.1, -0.05) is 6.07 Å². The number of hydrazone groups is 1. The minimum absolute atomic E-state index is 0.169. The summed E-state index contributed by atoms with van der Waals surface area (Å²) in [5, 5.41) is 6.52. The molecule has 21 heavy (non-hydrogen) atoms. The van der Waals surface area contributed by atoms with Crippen LogP contribution in [0.25, 0.3) is 11.1 Å². The molecular formula is C14H14N4O3. The average Bonchev–Trinajstić information content (AvgIpc) is 2.84. The zero-order valence-corrected chi connectivity index (χ0v) is 11.5. The van der Waals surface area contributed by atoms with Crippen LogP contribution in [-0.2, 0) is 16.1 Å². The number of nitrogens with one attached hydrogen (secondary N) is 2. The van der Waals surface area contributed by atoms with Crippen molar-refractivity contribution in [2.75, 3.05) is 0 Å². The first-order valence-corrected chi connectivity index (χ1v) is 6.61. The molecule has 7 heteroatoms. The summed E-state index contributed by atoms with van der Waals surface area (Å²) < 4.78 is 5.45. The number of carbonyl (C=O) groups is 2. The molecule has 1 aliphatic rings. The highest BCUT2D eigenvalue weighted by Gasteiger charge is 2.17. The monoisotopic (exact) mass is 286 g/mol. The van der Waals surface area contributed by atoms with E-state index in [-0.39, 0.29) is 18.2 Å². The third-order valence-corrected chi connectivity index (χ3v) is 3.18. The highest BCUT2D eigenvalue weighted by Crippen LogP contribution is 2.16. The zero-order valence-electron chi connectivity index (χ0n) is 11.5. The summed E-state index contributed by atoms with van der Waals surface area (Å²) in [6.45, 7) is 2.15. The maximum absolute atomic E-state index is 11.9. The molecule has 0 unspecified atom stereocenters. The van der Waals surface area contributed by atoms with Crippen molar-refractivity contribution in [1.82, 2.24) is 15.7 Å². The van der Waals surface area contributed by atoms with E-state index in [1.165, 1.54) is 0 Å². The molecule has 0 spiro atoms. The maximum Gasteiger partial charge on any atom is 0.267 e. The van der Waals surface area contributed by atoms with Crippen LogP contribution in [0.1, 0.15) is 24.3 Å². The van der Waals surface area contributed by atoms with Crippen LogP contribution in [0.3, 0.4) is 0 Å². The molecule has 0 radical (unpaired) electrons. The van der Waals surface area contributed by atoms with E-state index in [0.717, 1.165) is 11.1 Å². The SMILES string of the molecule is Cc1nc2ccc(CNC(=O)C3=NNC(=O)CC3)cc2o1. The van der Waals surface area contributed by atoms with E-state index in [1.807, 2.05) is 18.2 Å². The van der Waals surface area contributed by atoms with Crippen molar-refractivity contribution in [3.05, 3.63) is 29.7 Å². The summed E-state index contributed by atoms with van der Waals surface area (Å²) in [6, 6.07) is 5.58. The van der Waals surface area contributed by atoms with Crippen LogP contribution in [0.15, 0.2) is 27.7 Å². The molecule has 0 aliphatic carbocycles. The summed E-state index contributed by atoms with van der Waals surface area (Å²) in [6.07, 6.45) is 0.646. The number of carbonyl (C=O) groups excluding carboxylic acids is 2. The second-order valence-electron chi connectivity index (χ2n) is 4.81. The van der Waals surface area contributed by atoms with Gasteiger partial charge >= 0.3 is 0 Å². The summed E-state index contributed by atoms with van der Waals surface area (Å²) in [5.41, 5.74) is 5.04. The summed E-state index contributed by atoms with van der Waals surface area (Å²) >= 11 is 0. The molecule has 108 valence electrons. The standard InChI is InChI=1S/C14H14N4O3/c1-8-16-10-3-2-9(6-12(10)21-8)7-15-14(20)11-4-5-13(19)18-17-11/h2-3,6H,4-5,7H2,1H3,(H,15,20)(H,18,19). The van der Waals surface area contributed by atoms with Crippen LogP contribution in [0.4, 0.5) is 0 Å². The first kappa shape index (κ1) is 13.3. The van der Waals surface area contributed by atoms with Gasteiger partial charge in [-0.3, -0.25) is 9.59 Å². The molecular weight excluding hydrogens is 272 g/mol. The lowest BCUT2D eigenvalue weighted by Crippen LogP contribution is -2.36. The van der Waals surface area contributed by atoms with Gasteiger partial charge in [-0.05, 0) is 17.7 Å². The van der Waals surface area contributed by atoms with Gasteiger partial charge in [0.05, 0.1) is 0 Å². The van der Waals surface area contributed by atoms with Crippen molar-refractivity contribution in [2.24, 2.45) is 5.10 Å². The Morgan fingerprint density at radius 2 is 2.29 bits per heavy atom. The number of aromatic nitrogens is 1. The van der Waals surface area contributed by atoms with Crippen molar-refractivity contribution >= 4 is 28.6 Å². The molecule has 2 N–H and O–H groups in total. The molecule has 1 aromatic heterocycles. The minimum Gasteiger partial charge on any atom is -0.441 e. The maximum atomic E-state index is 11.9. The number of benzene rings is 1. The normalized spacial score (nSPS) is 14.7. The van der Waals surface area contributed by atoms with Gasteiger partial charge in [-0.25, -0.2) is 10.4 Å². The lowest BCUT2D eigenvalue weighted by molar-refractivity contribution is -0.121. The van der Waals surface area contributed by atoms with Gasteiger partial charge in [0.25, 0.3) is 5.91 Å². The van der Waals surface area contributed by atoms with E-state index < -0.39 is 0 Å². The fraction of sp³-hybridized carbons (Fsp3) is 0.286. The minimum atomic E-state index is -0.274. The number of fused-ring (bicyclic) bond motifs is 1. The van der Waals surface area contributed by atoms with Crippen LogP contribution < -0.4 is 10.7 Å². The summed E-state index contributed by atoms with van der Waals surface area (Å²) in [5.74, 6) is 0.167. The highest BCUT2D eigenvalue weighted by atomic mass is 16.3. The number of nitrogens with zero attached hydrogens (tertiary/aromatic N) is 2. The van der Waals surface area contributed by atoms with E-state index in [2.05, 4.69) is 20.8 Å². The number of hydrogen-bond donors (Lipinski definition) is 2. The molecule has 0 fully saturated rings. The summed E-state index contributed by atoms with van der Waals surface area (Å²) in [4.78, 5) is 27.1. The van der Waals surface area contributed by atoms with Crippen molar-refractivity contribution in [3.8, 4) is 0 Å². The zero-order chi connectivity index (χ0) is 14.8. The Kier molecular flexibility index (Phi) is 3.39. The fourth-order valence-electron chi connectivity index (χ4n) is 2.12. The van der Waals surface area contributed by atoms with Crippen LogP contribution in [0, 0.1) is 6.92 Å². The molecule has 0 saturated heterocycles. The third-order valence-electron chi connectivity index (χ3n) is 3.18. The van der Waals surface area contributed by atoms with E-state index in [0.29, 0.717) is 30.2 Å². The predicted molar refractivity (Wildman–Crippen MR) is 75.4 cm³/mol. The molecule has 0 bridgehead atoms. The molecule has 0 atom stereocenters. The third kappa shape index (κ3) is 2.91. The second kappa shape index (κ2) is 5.35. The fourth-order valence-corrected chi connectivity index (χ4v) is 2.12. The molecule has 7 nitrogen and oxygen atoms in total. The van der Waals surface area contributed by atoms with E-state index in [9.17, 15) is 9.59 Å². The van der Waals surface area contributed by atoms with Gasteiger partial charge in [0.1, 0.15) is 11.2 Å². The largest absolute Gasteiger partial charge is 0.441 e. The van der Waals surface area contributed by atoms with Crippen molar-refractivity contribution in [1.29, 1.82) is 0 Å². The van der Waals surface area contributed by atoms with Crippen molar-refractivity contribution < 1.29 is 14.0 Å². The Labute approximate surface area is 120 Å². The van der Waals surface area contributed by atoms with E-state index >= 15 is 0 Å². The number of oxazole rings is 1. The van der Waals surface area contributed by atoms with Gasteiger partial charge in [0.2, 0.25) is 5.91 Å². The first-order chi connectivity index (χ1) is 10.1. The lowest BCUT2D eigenvalue weighted by atomic mass is 10.1. The number of aryl methyl sites for hydroxylation is 1. The van der Waals surface area contributed by atoms with Crippen LogP contribution in [0.5, 0.6) is 0 Å². The smallest absolute Gasteiger partial charge is 0.267 e. The van der Waals surface area contributed by atoms with Gasteiger partial charge in [0, 0.05) is 26.3 Å². The van der Waals surface area contributed by atoms with Gasteiger partial charge in [-0.2, -0.15) is 5.10 Å². The lowest BCUT2D eigenvalue weighted by Gasteiger charge is -2.11. The van der Waals surface area contributed by atoms with Crippen molar-refractivity contribution in [3.63, 3.8) is 0 Å². The van der Waals surface area contributed by atoms with Crippen LogP contribution >= 0.6 is 0 Å². The van der Waals surface area contributed by atoms with Gasteiger partial charge in [-0.15, -0.1) is 0 Å². The topological polar surface area (TPSA) is 96.6 Å². The molecule has 2 amide bonds. The predicted octanol–water partition coefficient (Wildman–Crippen LogP) is 1.02. The Balaban J connectivity index is 1.65. The Morgan fingerprint density at radius 3 is 3.05 bits per heavy atom. The molecule has 2 heterocycles. The van der Waals surface area contributed by atoms with Gasteiger partial charge < -0.3 is 9.73 Å². The average molecular weight is 286 g/mol. The molecule has 2 aromatic rings. The van der Waals surface area contributed by atoms with E-state index in [4.69, 9.17) is 4.42 Å². The van der Waals surface area contributed by atoms with Crippen LogP contribution in [0.2, 0.25) is 0 Å². The second-order valence-corrected chi connectivity index (χ2v) is 4.81. The number of rotatable bonds is 3. The highest BCUT2D eigenvalue weighted by molar-refractivity contribution is 6.39. The van der Waals surface area contributed by atoms with E-state index in [1.54, 1.807) is 6.92 Å². The van der Waals surface area contributed by atoms with Crippen LogP contribution in [-0.4, -0.2) is 22.5 Å². The number of amides is 2. The molecule has 0 saturated carbocycles. The Morgan fingerprint density at radius 1 is 1.43 bits per heavy atom. The first-order valence-electron chi connectivity index (χ1n) is 6.61. The summed E-state index contributed by atoms with van der Waals surface area (Å²) in [7, 11) is 0. The molecule has 1 aromatic carbocycles. The quantitative estimate of drug-likeness (QED) is 0.880. The van der Waals surface area contributed by atoms with Crippen molar-refractivity contribution in [2.45, 2.75) is 26.3 Å². The Hall–Kier alpha value is -2.70.